The van der Waals surface area contributed by atoms with Crippen LogP contribution in [0.15, 0.2) is 48.8 Å². The zero-order valence-electron chi connectivity index (χ0n) is 12.9. The molecule has 0 atom stereocenters. The Morgan fingerprint density at radius 2 is 1.71 bits per heavy atom. The first-order chi connectivity index (χ1) is 10.1. The highest BCUT2D eigenvalue weighted by Crippen LogP contribution is 2.16. The number of carbonyl (C=O) groups excluding carboxylic acids is 1. The van der Waals surface area contributed by atoms with Gasteiger partial charge in [-0.25, -0.2) is 0 Å². The van der Waals surface area contributed by atoms with Crippen LogP contribution in [0.5, 0.6) is 0 Å². The first-order valence-electron chi connectivity index (χ1n) is 7.40. The molecule has 0 aliphatic carbocycles. The van der Waals surface area contributed by atoms with Crippen molar-refractivity contribution in [2.45, 2.75) is 33.2 Å². The first-order valence-corrected chi connectivity index (χ1v) is 7.40. The van der Waals surface area contributed by atoms with Crippen molar-refractivity contribution < 1.29 is 4.79 Å². The van der Waals surface area contributed by atoms with Gasteiger partial charge in [0.1, 0.15) is 0 Å². The van der Waals surface area contributed by atoms with E-state index in [1.54, 1.807) is 12.4 Å². The van der Waals surface area contributed by atoms with Gasteiger partial charge in [0.15, 0.2) is 0 Å². The molecule has 0 bridgehead atoms. The molecule has 1 amide bonds. The molecule has 3 heteroatoms. The molecule has 110 valence electrons. The van der Waals surface area contributed by atoms with Crippen molar-refractivity contribution in [1.82, 2.24) is 9.88 Å². The van der Waals surface area contributed by atoms with Gasteiger partial charge in [0, 0.05) is 31.0 Å². The van der Waals surface area contributed by atoms with Crippen LogP contribution >= 0.6 is 0 Å². The van der Waals surface area contributed by atoms with E-state index in [0.717, 1.165) is 11.1 Å². The van der Waals surface area contributed by atoms with Crippen molar-refractivity contribution in [1.29, 1.82) is 0 Å². The zero-order valence-corrected chi connectivity index (χ0v) is 12.9. The van der Waals surface area contributed by atoms with Crippen molar-refractivity contribution in [2.24, 2.45) is 0 Å². The number of hydrogen-bond acceptors (Lipinski definition) is 2. The minimum absolute atomic E-state index is 0.0737. The third-order valence-electron chi connectivity index (χ3n) is 3.62. The second-order valence-electron chi connectivity index (χ2n) is 5.45. The highest BCUT2D eigenvalue weighted by Gasteiger charge is 2.14. The molecular weight excluding hydrogens is 260 g/mol. The van der Waals surface area contributed by atoms with Crippen LogP contribution in [0.3, 0.4) is 0 Å². The number of hydrogen-bond donors (Lipinski definition) is 0. The Labute approximate surface area is 126 Å². The van der Waals surface area contributed by atoms with Crippen molar-refractivity contribution in [3.05, 3.63) is 65.5 Å². The van der Waals surface area contributed by atoms with Crippen LogP contribution in [0.25, 0.3) is 0 Å². The second kappa shape index (κ2) is 7.02. The average Bonchev–Trinajstić information content (AvgIpc) is 2.53. The van der Waals surface area contributed by atoms with Gasteiger partial charge in [-0.2, -0.15) is 0 Å². The lowest BCUT2D eigenvalue weighted by molar-refractivity contribution is 0.0752. The molecule has 0 fully saturated rings. The van der Waals surface area contributed by atoms with Gasteiger partial charge in [-0.3, -0.25) is 9.78 Å². The Morgan fingerprint density at radius 3 is 2.24 bits per heavy atom. The molecule has 0 unspecified atom stereocenters. The molecule has 0 spiro atoms. The van der Waals surface area contributed by atoms with Gasteiger partial charge in [0.25, 0.3) is 5.91 Å². The number of nitrogens with zero attached hydrogens (tertiary/aromatic N) is 2. The molecule has 0 N–H and O–H groups in total. The molecule has 1 heterocycles. The molecular formula is C18H22N2O. The maximum atomic E-state index is 12.6. The lowest BCUT2D eigenvalue weighted by Crippen LogP contribution is -2.30. The van der Waals surface area contributed by atoms with Gasteiger partial charge in [-0.1, -0.05) is 26.0 Å². The smallest absolute Gasteiger partial charge is 0.254 e. The standard InChI is InChI=1S/C18H22N2O/c1-4-20(13-15-9-11-19-12-10-15)18(21)17-7-5-16(6-8-17)14(2)3/h5-12,14H,4,13H2,1-3H3. The number of amides is 1. The lowest BCUT2D eigenvalue weighted by Gasteiger charge is -2.21. The average molecular weight is 282 g/mol. The van der Waals surface area contributed by atoms with E-state index in [9.17, 15) is 4.79 Å². The summed E-state index contributed by atoms with van der Waals surface area (Å²) in [6.45, 7) is 7.61. The Balaban J connectivity index is 2.12. The highest BCUT2D eigenvalue weighted by molar-refractivity contribution is 5.94. The van der Waals surface area contributed by atoms with Gasteiger partial charge in [-0.15, -0.1) is 0 Å². The predicted molar refractivity (Wildman–Crippen MR) is 85.2 cm³/mol. The second-order valence-corrected chi connectivity index (χ2v) is 5.45. The van der Waals surface area contributed by atoms with Gasteiger partial charge in [0.05, 0.1) is 0 Å². The van der Waals surface area contributed by atoms with Crippen LogP contribution in [0.2, 0.25) is 0 Å². The molecule has 0 saturated heterocycles. The topological polar surface area (TPSA) is 33.2 Å². The van der Waals surface area contributed by atoms with Crippen LogP contribution in [-0.2, 0) is 6.54 Å². The van der Waals surface area contributed by atoms with Crippen molar-refractivity contribution in [3.8, 4) is 0 Å². The number of aromatic nitrogens is 1. The molecule has 3 nitrogen and oxygen atoms in total. The quantitative estimate of drug-likeness (QED) is 0.834. The van der Waals surface area contributed by atoms with Crippen molar-refractivity contribution in [2.75, 3.05) is 6.54 Å². The summed E-state index contributed by atoms with van der Waals surface area (Å²) in [5, 5.41) is 0. The summed E-state index contributed by atoms with van der Waals surface area (Å²) in [6.07, 6.45) is 3.51. The molecule has 1 aromatic carbocycles. The van der Waals surface area contributed by atoms with Crippen molar-refractivity contribution >= 4 is 5.91 Å². The summed E-state index contributed by atoms with van der Waals surface area (Å²) in [7, 11) is 0. The minimum atomic E-state index is 0.0737. The van der Waals surface area contributed by atoms with Gasteiger partial charge in [0.2, 0.25) is 0 Å². The van der Waals surface area contributed by atoms with Gasteiger partial charge < -0.3 is 4.90 Å². The van der Waals surface area contributed by atoms with E-state index >= 15 is 0 Å². The van der Waals surface area contributed by atoms with Gasteiger partial charge >= 0.3 is 0 Å². The predicted octanol–water partition coefficient (Wildman–Crippen LogP) is 3.87. The van der Waals surface area contributed by atoms with E-state index in [2.05, 4.69) is 18.8 Å². The van der Waals surface area contributed by atoms with Crippen LogP contribution in [-0.4, -0.2) is 22.3 Å². The zero-order chi connectivity index (χ0) is 15.2. The maximum absolute atomic E-state index is 12.6. The Bertz CT molecular complexity index is 576. The van der Waals surface area contributed by atoms with E-state index in [1.807, 2.05) is 48.2 Å². The fraction of sp³-hybridized carbons (Fsp3) is 0.333. The van der Waals surface area contributed by atoms with Crippen LogP contribution in [0.1, 0.15) is 48.2 Å². The summed E-state index contributed by atoms with van der Waals surface area (Å²) in [5.41, 5.74) is 3.10. The molecule has 21 heavy (non-hydrogen) atoms. The summed E-state index contributed by atoms with van der Waals surface area (Å²) in [4.78, 5) is 18.4. The normalized spacial score (nSPS) is 10.7. The fourth-order valence-corrected chi connectivity index (χ4v) is 2.23. The van der Waals surface area contributed by atoms with E-state index in [4.69, 9.17) is 0 Å². The largest absolute Gasteiger partial charge is 0.335 e. The first kappa shape index (κ1) is 15.2. The summed E-state index contributed by atoms with van der Waals surface area (Å²) in [5.74, 6) is 0.554. The Hall–Kier alpha value is -2.16. The Morgan fingerprint density at radius 1 is 1.10 bits per heavy atom. The minimum Gasteiger partial charge on any atom is -0.335 e. The van der Waals surface area contributed by atoms with Crippen LogP contribution in [0, 0.1) is 0 Å². The van der Waals surface area contributed by atoms with E-state index in [1.165, 1.54) is 5.56 Å². The number of rotatable bonds is 5. The molecule has 0 aliphatic rings. The molecule has 0 aliphatic heterocycles. The summed E-state index contributed by atoms with van der Waals surface area (Å²) < 4.78 is 0. The van der Waals surface area contributed by atoms with E-state index in [0.29, 0.717) is 19.0 Å². The molecule has 0 radical (unpaired) electrons. The monoisotopic (exact) mass is 282 g/mol. The number of carbonyl (C=O) groups is 1. The Kier molecular flexibility index (Phi) is 5.09. The maximum Gasteiger partial charge on any atom is 0.254 e. The third-order valence-corrected chi connectivity index (χ3v) is 3.62. The molecule has 2 aromatic rings. The molecule has 1 aromatic heterocycles. The summed E-state index contributed by atoms with van der Waals surface area (Å²) in [6, 6.07) is 11.8. The van der Waals surface area contributed by atoms with Crippen LogP contribution in [0.4, 0.5) is 0 Å². The van der Waals surface area contributed by atoms with E-state index < -0.39 is 0 Å². The highest BCUT2D eigenvalue weighted by atomic mass is 16.2. The van der Waals surface area contributed by atoms with Crippen LogP contribution < -0.4 is 0 Å². The summed E-state index contributed by atoms with van der Waals surface area (Å²) >= 11 is 0. The molecule has 2 rings (SSSR count). The molecule has 0 saturated carbocycles. The SMILES string of the molecule is CCN(Cc1ccncc1)C(=O)c1ccc(C(C)C)cc1. The van der Waals surface area contributed by atoms with Crippen molar-refractivity contribution in [3.63, 3.8) is 0 Å². The van der Waals surface area contributed by atoms with E-state index in [-0.39, 0.29) is 5.91 Å². The number of pyridine rings is 1. The number of benzene rings is 1. The fourth-order valence-electron chi connectivity index (χ4n) is 2.23. The third kappa shape index (κ3) is 3.91. The lowest BCUT2D eigenvalue weighted by atomic mass is 10.0. The van der Waals surface area contributed by atoms with Gasteiger partial charge in [-0.05, 0) is 48.2 Å².